The van der Waals surface area contributed by atoms with Crippen LogP contribution in [0.5, 0.6) is 0 Å². The van der Waals surface area contributed by atoms with Crippen LogP contribution in [0.3, 0.4) is 0 Å². The van der Waals surface area contributed by atoms with E-state index in [2.05, 4.69) is 64.6 Å². The molecule has 2 aromatic heterocycles. The van der Waals surface area contributed by atoms with E-state index in [1.807, 2.05) is 18.2 Å². The zero-order chi connectivity index (χ0) is 15.2. The van der Waals surface area contributed by atoms with Gasteiger partial charge in [-0.15, -0.1) is 0 Å². The maximum Gasteiger partial charge on any atom is 0.134 e. The van der Waals surface area contributed by atoms with Crippen LogP contribution in [-0.2, 0) is 6.54 Å². The lowest BCUT2D eigenvalue weighted by molar-refractivity contribution is 0.465. The standard InChI is InChI=1S/C20H16N2O/c1-3-8-16-15(7-1)13-21-20(17-9-5-11-22(16)17)19-12-14-6-2-4-10-18(14)23-19/h1-12,20-21H,13H2. The number of nitrogens with zero attached hydrogens (tertiary/aromatic N) is 1. The predicted molar refractivity (Wildman–Crippen MR) is 90.7 cm³/mol. The lowest BCUT2D eigenvalue weighted by atomic mass is 10.1. The van der Waals surface area contributed by atoms with Gasteiger partial charge in [0.05, 0.1) is 0 Å². The van der Waals surface area contributed by atoms with Crippen molar-refractivity contribution in [1.29, 1.82) is 0 Å². The molecule has 0 amide bonds. The fourth-order valence-electron chi connectivity index (χ4n) is 3.45. The average Bonchev–Trinajstić information content (AvgIpc) is 3.20. The summed E-state index contributed by atoms with van der Waals surface area (Å²) >= 11 is 0. The maximum absolute atomic E-state index is 6.11. The molecule has 0 saturated carbocycles. The van der Waals surface area contributed by atoms with Crippen LogP contribution in [0.2, 0.25) is 0 Å². The van der Waals surface area contributed by atoms with Crippen molar-refractivity contribution in [2.45, 2.75) is 12.6 Å². The number of hydrogen-bond acceptors (Lipinski definition) is 2. The predicted octanol–water partition coefficient (Wildman–Crippen LogP) is 4.42. The summed E-state index contributed by atoms with van der Waals surface area (Å²) in [6.45, 7) is 0.819. The molecule has 2 aromatic carbocycles. The first-order chi connectivity index (χ1) is 11.4. The van der Waals surface area contributed by atoms with E-state index in [1.165, 1.54) is 16.9 Å². The van der Waals surface area contributed by atoms with Gasteiger partial charge in [-0.1, -0.05) is 36.4 Å². The van der Waals surface area contributed by atoms with Gasteiger partial charge in [0.25, 0.3) is 0 Å². The molecule has 0 aliphatic carbocycles. The second kappa shape index (κ2) is 4.86. The minimum absolute atomic E-state index is 0.0461. The largest absolute Gasteiger partial charge is 0.459 e. The summed E-state index contributed by atoms with van der Waals surface area (Å²) in [4.78, 5) is 0. The molecule has 0 saturated heterocycles. The van der Waals surface area contributed by atoms with Gasteiger partial charge < -0.3 is 8.98 Å². The van der Waals surface area contributed by atoms with Gasteiger partial charge >= 0.3 is 0 Å². The van der Waals surface area contributed by atoms with Crippen molar-refractivity contribution in [3.63, 3.8) is 0 Å². The molecule has 1 unspecified atom stereocenters. The van der Waals surface area contributed by atoms with Gasteiger partial charge in [-0.2, -0.15) is 0 Å². The molecule has 3 nitrogen and oxygen atoms in total. The van der Waals surface area contributed by atoms with E-state index < -0.39 is 0 Å². The van der Waals surface area contributed by atoms with Crippen LogP contribution in [0.15, 0.2) is 77.3 Å². The Kier molecular flexibility index (Phi) is 2.69. The van der Waals surface area contributed by atoms with Gasteiger partial charge in [0.1, 0.15) is 17.4 Å². The zero-order valence-corrected chi connectivity index (χ0v) is 12.6. The minimum Gasteiger partial charge on any atom is -0.459 e. The molecule has 0 fully saturated rings. The van der Waals surface area contributed by atoms with Crippen LogP contribution in [0.25, 0.3) is 16.7 Å². The molecule has 23 heavy (non-hydrogen) atoms. The smallest absolute Gasteiger partial charge is 0.134 e. The van der Waals surface area contributed by atoms with Gasteiger partial charge in [-0.3, -0.25) is 5.32 Å². The normalized spacial score (nSPS) is 16.8. The third-order valence-corrected chi connectivity index (χ3v) is 4.55. The number of aromatic nitrogens is 1. The van der Waals surface area contributed by atoms with Crippen molar-refractivity contribution in [2.75, 3.05) is 0 Å². The highest BCUT2D eigenvalue weighted by atomic mass is 16.3. The monoisotopic (exact) mass is 300 g/mol. The molecule has 5 rings (SSSR count). The molecular weight excluding hydrogens is 284 g/mol. The van der Waals surface area contributed by atoms with Gasteiger partial charge in [-0.25, -0.2) is 0 Å². The van der Waals surface area contributed by atoms with E-state index in [9.17, 15) is 0 Å². The van der Waals surface area contributed by atoms with Crippen molar-refractivity contribution < 1.29 is 4.42 Å². The molecule has 3 heteroatoms. The third kappa shape index (κ3) is 1.94. The van der Waals surface area contributed by atoms with E-state index in [1.54, 1.807) is 0 Å². The number of benzene rings is 2. The van der Waals surface area contributed by atoms with Crippen molar-refractivity contribution in [1.82, 2.24) is 9.88 Å². The first-order valence-corrected chi connectivity index (χ1v) is 7.87. The first kappa shape index (κ1) is 12.7. The second-order valence-corrected chi connectivity index (χ2v) is 5.93. The van der Waals surface area contributed by atoms with E-state index in [4.69, 9.17) is 4.42 Å². The number of hydrogen-bond donors (Lipinski definition) is 1. The molecule has 0 spiro atoms. The molecule has 0 radical (unpaired) electrons. The lowest BCUT2D eigenvalue weighted by Gasteiger charge is -2.14. The highest BCUT2D eigenvalue weighted by molar-refractivity contribution is 5.78. The summed E-state index contributed by atoms with van der Waals surface area (Å²) < 4.78 is 8.37. The number of fused-ring (bicyclic) bond motifs is 4. The molecule has 4 aromatic rings. The molecule has 0 bridgehead atoms. The zero-order valence-electron chi connectivity index (χ0n) is 12.6. The molecule has 112 valence electrons. The first-order valence-electron chi connectivity index (χ1n) is 7.87. The fourth-order valence-corrected chi connectivity index (χ4v) is 3.45. The number of rotatable bonds is 1. The summed E-state index contributed by atoms with van der Waals surface area (Å²) in [5.74, 6) is 0.957. The molecule has 1 aliphatic heterocycles. The fraction of sp³-hybridized carbons (Fsp3) is 0.100. The summed E-state index contributed by atoms with van der Waals surface area (Å²) in [5.41, 5.74) is 4.67. The highest BCUT2D eigenvalue weighted by Crippen LogP contribution is 2.33. The number of nitrogens with one attached hydrogen (secondary N) is 1. The Balaban J connectivity index is 1.68. The number of para-hydroxylation sites is 2. The Bertz CT molecular complexity index is 962. The summed E-state index contributed by atoms with van der Waals surface area (Å²) in [6.07, 6.45) is 2.12. The maximum atomic E-state index is 6.11. The molecular formula is C20H16N2O. The summed E-state index contributed by atoms with van der Waals surface area (Å²) in [6, 6.07) is 23.1. The van der Waals surface area contributed by atoms with Crippen LogP contribution >= 0.6 is 0 Å². The van der Waals surface area contributed by atoms with Crippen LogP contribution in [0, 0.1) is 0 Å². The Hall–Kier alpha value is -2.78. The Morgan fingerprint density at radius 1 is 0.957 bits per heavy atom. The van der Waals surface area contributed by atoms with Crippen molar-refractivity contribution >= 4 is 11.0 Å². The molecule has 3 heterocycles. The highest BCUT2D eigenvalue weighted by Gasteiger charge is 2.25. The van der Waals surface area contributed by atoms with Crippen molar-refractivity contribution in [3.05, 3.63) is 89.9 Å². The molecule has 1 N–H and O–H groups in total. The van der Waals surface area contributed by atoms with E-state index in [0.717, 1.165) is 23.3 Å². The van der Waals surface area contributed by atoms with Crippen molar-refractivity contribution in [2.24, 2.45) is 0 Å². The Morgan fingerprint density at radius 3 is 2.78 bits per heavy atom. The SMILES string of the molecule is c1ccc2c(c1)CNC(c1cc3ccccc3o1)c1cccn1-2. The van der Waals surface area contributed by atoms with Gasteiger partial charge in [-0.05, 0) is 35.9 Å². The molecule has 1 atom stereocenters. The Morgan fingerprint density at radius 2 is 1.83 bits per heavy atom. The topological polar surface area (TPSA) is 30.1 Å². The van der Waals surface area contributed by atoms with Crippen LogP contribution in [0.1, 0.15) is 23.1 Å². The lowest BCUT2D eigenvalue weighted by Crippen LogP contribution is -2.20. The third-order valence-electron chi connectivity index (χ3n) is 4.55. The minimum atomic E-state index is 0.0461. The number of furan rings is 1. The second-order valence-electron chi connectivity index (χ2n) is 5.93. The quantitative estimate of drug-likeness (QED) is 0.564. The summed E-state index contributed by atoms with van der Waals surface area (Å²) in [7, 11) is 0. The van der Waals surface area contributed by atoms with Gasteiger partial charge in [0.15, 0.2) is 0 Å². The van der Waals surface area contributed by atoms with Gasteiger partial charge in [0.2, 0.25) is 0 Å². The van der Waals surface area contributed by atoms with Crippen molar-refractivity contribution in [3.8, 4) is 5.69 Å². The van der Waals surface area contributed by atoms with E-state index in [-0.39, 0.29) is 6.04 Å². The Labute approximate surface area is 134 Å². The van der Waals surface area contributed by atoms with E-state index in [0.29, 0.717) is 0 Å². The summed E-state index contributed by atoms with van der Waals surface area (Å²) in [5, 5.41) is 4.79. The van der Waals surface area contributed by atoms with Gasteiger partial charge in [0, 0.05) is 29.5 Å². The van der Waals surface area contributed by atoms with Crippen LogP contribution < -0.4 is 5.32 Å². The average molecular weight is 300 g/mol. The van der Waals surface area contributed by atoms with Crippen LogP contribution in [0.4, 0.5) is 0 Å². The van der Waals surface area contributed by atoms with E-state index >= 15 is 0 Å². The molecule has 1 aliphatic rings. The van der Waals surface area contributed by atoms with Crippen LogP contribution in [-0.4, -0.2) is 4.57 Å².